The average Bonchev–Trinajstić information content (AvgIpc) is 2.14. The van der Waals surface area contributed by atoms with Crippen molar-refractivity contribution in [1.82, 2.24) is 9.80 Å². The molecular weight excluding hydrogens is 200 g/mol. The Hall–Kier alpha value is -0.570. The minimum Gasteiger partial charge on any atom is -0.340 e. The van der Waals surface area contributed by atoms with Crippen molar-refractivity contribution in [2.45, 2.75) is 45.6 Å². The maximum atomic E-state index is 12.0. The summed E-state index contributed by atoms with van der Waals surface area (Å²) < 4.78 is 0. The van der Waals surface area contributed by atoms with E-state index in [1.807, 2.05) is 0 Å². The van der Waals surface area contributed by atoms with Crippen LogP contribution in [0, 0.1) is 5.92 Å². The van der Waals surface area contributed by atoms with Gasteiger partial charge in [-0.1, -0.05) is 6.42 Å². The number of piperazine rings is 1. The quantitative estimate of drug-likeness (QED) is 0.677. The lowest BCUT2D eigenvalue weighted by Crippen LogP contribution is -2.55. The van der Waals surface area contributed by atoms with E-state index < -0.39 is 0 Å². The molecule has 16 heavy (non-hydrogen) atoms. The molecule has 3 nitrogen and oxygen atoms in total. The topological polar surface area (TPSA) is 23.6 Å². The minimum absolute atomic E-state index is 0.242. The summed E-state index contributed by atoms with van der Waals surface area (Å²) in [7, 11) is 0. The number of hydrogen-bond donors (Lipinski definition) is 0. The van der Waals surface area contributed by atoms with E-state index in [-0.39, 0.29) is 5.54 Å². The Morgan fingerprint density at radius 1 is 1.06 bits per heavy atom. The molecule has 1 aliphatic carbocycles. The normalized spacial score (nSPS) is 24.3. The SMILES string of the molecule is CC(C)(C)N1CCN(C(=O)C2CCC2)CC1. The Morgan fingerprint density at radius 3 is 2.00 bits per heavy atom. The highest BCUT2D eigenvalue weighted by Crippen LogP contribution is 2.29. The molecule has 0 unspecified atom stereocenters. The Balaban J connectivity index is 1.82. The van der Waals surface area contributed by atoms with Crippen LogP contribution in [0.1, 0.15) is 40.0 Å². The highest BCUT2D eigenvalue weighted by atomic mass is 16.2. The van der Waals surface area contributed by atoms with Gasteiger partial charge in [-0.3, -0.25) is 9.69 Å². The van der Waals surface area contributed by atoms with Crippen LogP contribution in [-0.2, 0) is 4.79 Å². The van der Waals surface area contributed by atoms with Crippen LogP contribution in [0.25, 0.3) is 0 Å². The fraction of sp³-hybridized carbons (Fsp3) is 0.923. The van der Waals surface area contributed by atoms with Crippen molar-refractivity contribution >= 4 is 5.91 Å². The standard InChI is InChI=1S/C13H24N2O/c1-13(2,3)15-9-7-14(8-10-15)12(16)11-5-4-6-11/h11H,4-10H2,1-3H3. The molecule has 3 heteroatoms. The zero-order valence-corrected chi connectivity index (χ0v) is 10.8. The second kappa shape index (κ2) is 4.36. The number of carbonyl (C=O) groups is 1. The van der Waals surface area contributed by atoms with Gasteiger partial charge in [0.25, 0.3) is 0 Å². The monoisotopic (exact) mass is 224 g/mol. The molecule has 0 atom stereocenters. The predicted molar refractivity (Wildman–Crippen MR) is 65.2 cm³/mol. The highest BCUT2D eigenvalue weighted by molar-refractivity contribution is 5.79. The van der Waals surface area contributed by atoms with Crippen molar-refractivity contribution in [2.75, 3.05) is 26.2 Å². The third-order valence-electron chi connectivity index (χ3n) is 3.99. The van der Waals surface area contributed by atoms with Crippen molar-refractivity contribution < 1.29 is 4.79 Å². The van der Waals surface area contributed by atoms with Gasteiger partial charge < -0.3 is 4.90 Å². The van der Waals surface area contributed by atoms with Gasteiger partial charge in [0.1, 0.15) is 0 Å². The second-order valence-electron chi connectivity index (χ2n) is 6.11. The molecule has 0 N–H and O–H groups in total. The summed E-state index contributed by atoms with van der Waals surface area (Å²) in [6.07, 6.45) is 3.50. The van der Waals surface area contributed by atoms with Gasteiger partial charge in [0, 0.05) is 37.6 Å². The van der Waals surface area contributed by atoms with Crippen LogP contribution in [0.15, 0.2) is 0 Å². The first-order valence-electron chi connectivity index (χ1n) is 6.52. The summed E-state index contributed by atoms with van der Waals surface area (Å²) in [5.41, 5.74) is 0.242. The largest absolute Gasteiger partial charge is 0.340 e. The van der Waals surface area contributed by atoms with Crippen LogP contribution in [-0.4, -0.2) is 47.4 Å². The van der Waals surface area contributed by atoms with Crippen LogP contribution < -0.4 is 0 Å². The van der Waals surface area contributed by atoms with E-state index in [1.54, 1.807) is 0 Å². The van der Waals surface area contributed by atoms with Crippen molar-refractivity contribution in [3.05, 3.63) is 0 Å². The van der Waals surface area contributed by atoms with Crippen molar-refractivity contribution in [1.29, 1.82) is 0 Å². The zero-order chi connectivity index (χ0) is 11.8. The number of carbonyl (C=O) groups excluding carboxylic acids is 1. The van der Waals surface area contributed by atoms with Crippen molar-refractivity contribution in [2.24, 2.45) is 5.92 Å². The molecule has 2 aliphatic rings. The molecule has 0 bridgehead atoms. The van der Waals surface area contributed by atoms with E-state index in [0.29, 0.717) is 11.8 Å². The molecule has 0 aromatic rings. The van der Waals surface area contributed by atoms with Crippen molar-refractivity contribution in [3.63, 3.8) is 0 Å². The summed E-state index contributed by atoms with van der Waals surface area (Å²) in [6.45, 7) is 10.6. The first-order chi connectivity index (χ1) is 7.48. The molecule has 2 fully saturated rings. The Labute approximate surface area is 98.8 Å². The van der Waals surface area contributed by atoms with Gasteiger partial charge >= 0.3 is 0 Å². The van der Waals surface area contributed by atoms with Crippen LogP contribution in [0.3, 0.4) is 0 Å². The smallest absolute Gasteiger partial charge is 0.225 e. The fourth-order valence-corrected chi connectivity index (χ4v) is 2.51. The van der Waals surface area contributed by atoms with Crippen LogP contribution >= 0.6 is 0 Å². The zero-order valence-electron chi connectivity index (χ0n) is 10.8. The molecule has 1 aliphatic heterocycles. The molecule has 0 aromatic carbocycles. The molecule has 92 valence electrons. The summed E-state index contributed by atoms with van der Waals surface area (Å²) in [5.74, 6) is 0.779. The van der Waals surface area contributed by atoms with Crippen LogP contribution in [0.5, 0.6) is 0 Å². The molecule has 2 rings (SSSR count). The number of nitrogens with zero attached hydrogens (tertiary/aromatic N) is 2. The van der Waals surface area contributed by atoms with E-state index in [1.165, 1.54) is 6.42 Å². The van der Waals surface area contributed by atoms with E-state index in [0.717, 1.165) is 39.0 Å². The average molecular weight is 224 g/mol. The molecule has 1 amide bonds. The molecule has 0 aromatic heterocycles. The van der Waals surface area contributed by atoms with Crippen LogP contribution in [0.2, 0.25) is 0 Å². The highest BCUT2D eigenvalue weighted by Gasteiger charge is 2.33. The van der Waals surface area contributed by atoms with Crippen molar-refractivity contribution in [3.8, 4) is 0 Å². The number of hydrogen-bond acceptors (Lipinski definition) is 2. The molecule has 1 heterocycles. The second-order valence-corrected chi connectivity index (χ2v) is 6.11. The van der Waals surface area contributed by atoms with E-state index >= 15 is 0 Å². The summed E-state index contributed by atoms with van der Waals surface area (Å²) >= 11 is 0. The fourth-order valence-electron chi connectivity index (χ4n) is 2.51. The van der Waals surface area contributed by atoms with Gasteiger partial charge in [-0.05, 0) is 33.6 Å². The van der Waals surface area contributed by atoms with Gasteiger partial charge in [0.05, 0.1) is 0 Å². The van der Waals surface area contributed by atoms with Gasteiger partial charge in [-0.25, -0.2) is 0 Å². The minimum atomic E-state index is 0.242. The van der Waals surface area contributed by atoms with Gasteiger partial charge in [0.2, 0.25) is 5.91 Å². The Kier molecular flexibility index (Phi) is 3.24. The number of amides is 1. The maximum Gasteiger partial charge on any atom is 0.225 e. The van der Waals surface area contributed by atoms with Crippen LogP contribution in [0.4, 0.5) is 0 Å². The van der Waals surface area contributed by atoms with E-state index in [2.05, 4.69) is 30.6 Å². The predicted octanol–water partition coefficient (Wildman–Crippen LogP) is 1.73. The lowest BCUT2D eigenvalue weighted by atomic mass is 9.84. The van der Waals surface area contributed by atoms with Gasteiger partial charge in [-0.15, -0.1) is 0 Å². The van der Waals surface area contributed by atoms with Gasteiger partial charge in [-0.2, -0.15) is 0 Å². The molecular formula is C13H24N2O. The summed E-state index contributed by atoms with van der Waals surface area (Å²) in [5, 5.41) is 0. The lowest BCUT2D eigenvalue weighted by molar-refractivity contribution is -0.140. The van der Waals surface area contributed by atoms with E-state index in [9.17, 15) is 4.79 Å². The first-order valence-corrected chi connectivity index (χ1v) is 6.52. The first kappa shape index (κ1) is 11.9. The van der Waals surface area contributed by atoms with E-state index in [4.69, 9.17) is 0 Å². The molecule has 1 saturated heterocycles. The molecule has 0 radical (unpaired) electrons. The third-order valence-corrected chi connectivity index (χ3v) is 3.99. The maximum absolute atomic E-state index is 12.0. The Morgan fingerprint density at radius 2 is 1.62 bits per heavy atom. The summed E-state index contributed by atoms with van der Waals surface area (Å²) in [4.78, 5) is 16.6. The van der Waals surface area contributed by atoms with Gasteiger partial charge in [0.15, 0.2) is 0 Å². The summed E-state index contributed by atoms with van der Waals surface area (Å²) in [6, 6.07) is 0. The number of rotatable bonds is 1. The Bertz CT molecular complexity index is 258. The molecule has 0 spiro atoms. The lowest BCUT2D eigenvalue weighted by Gasteiger charge is -2.43. The third kappa shape index (κ3) is 2.40. The molecule has 1 saturated carbocycles.